The van der Waals surface area contributed by atoms with E-state index in [1.165, 1.54) is 0 Å². The summed E-state index contributed by atoms with van der Waals surface area (Å²) < 4.78 is 5.15. The molecule has 1 rings (SSSR count). The number of nitrogens with one attached hydrogen (secondary N) is 1. The zero-order valence-electron chi connectivity index (χ0n) is 6.66. The molecule has 12 heavy (non-hydrogen) atoms. The minimum absolute atomic E-state index is 0.232. The fourth-order valence-electron chi connectivity index (χ4n) is 0.796. The number of aldehydes is 1. The molecule has 0 atom stereocenters. The molecule has 0 unspecified atom stereocenters. The van der Waals surface area contributed by atoms with E-state index in [-0.39, 0.29) is 12.8 Å². The Bertz CT molecular complexity index is 290. The minimum atomic E-state index is -0.635. The molecule has 0 aromatic carbocycles. The average molecular weight is 167 g/mol. The molecule has 0 radical (unpaired) electrons. The SMILES string of the molecule is Cc1ccc(CNC(=O)C=O)o1. The van der Waals surface area contributed by atoms with Crippen LogP contribution in [0.3, 0.4) is 0 Å². The lowest BCUT2D eigenvalue weighted by molar-refractivity contribution is -0.131. The van der Waals surface area contributed by atoms with Crippen molar-refractivity contribution < 1.29 is 14.0 Å². The Kier molecular flexibility index (Phi) is 2.63. The molecule has 0 spiro atoms. The van der Waals surface area contributed by atoms with Gasteiger partial charge in [-0.25, -0.2) is 0 Å². The predicted octanol–water partition coefficient (Wildman–Crippen LogP) is 0.403. The van der Waals surface area contributed by atoms with Crippen LogP contribution >= 0.6 is 0 Å². The standard InChI is InChI=1S/C8H9NO3/c1-6-2-3-7(12-6)4-9-8(11)5-10/h2-3,5H,4H2,1H3,(H,9,11). The third-order valence-corrected chi connectivity index (χ3v) is 1.34. The Balaban J connectivity index is 2.43. The van der Waals surface area contributed by atoms with Gasteiger partial charge in [0.2, 0.25) is 6.29 Å². The van der Waals surface area contributed by atoms with Crippen molar-refractivity contribution in [2.24, 2.45) is 0 Å². The fourth-order valence-corrected chi connectivity index (χ4v) is 0.796. The average Bonchev–Trinajstić information content (AvgIpc) is 2.47. The molecule has 64 valence electrons. The van der Waals surface area contributed by atoms with E-state index in [2.05, 4.69) is 5.32 Å². The van der Waals surface area contributed by atoms with Crippen molar-refractivity contribution in [3.05, 3.63) is 23.7 Å². The van der Waals surface area contributed by atoms with Crippen LogP contribution in [0.15, 0.2) is 16.5 Å². The monoisotopic (exact) mass is 167 g/mol. The number of aryl methyl sites for hydroxylation is 1. The molecule has 1 N–H and O–H groups in total. The van der Waals surface area contributed by atoms with Crippen molar-refractivity contribution in [1.82, 2.24) is 5.32 Å². The second kappa shape index (κ2) is 3.71. The third-order valence-electron chi connectivity index (χ3n) is 1.34. The molecule has 0 fully saturated rings. The van der Waals surface area contributed by atoms with Gasteiger partial charge in [-0.2, -0.15) is 0 Å². The lowest BCUT2D eigenvalue weighted by Gasteiger charge is -1.95. The summed E-state index contributed by atoms with van der Waals surface area (Å²) in [4.78, 5) is 20.4. The van der Waals surface area contributed by atoms with Gasteiger partial charge in [0.25, 0.3) is 5.91 Å². The minimum Gasteiger partial charge on any atom is -0.465 e. The predicted molar refractivity (Wildman–Crippen MR) is 41.4 cm³/mol. The zero-order valence-corrected chi connectivity index (χ0v) is 6.66. The van der Waals surface area contributed by atoms with Gasteiger partial charge in [0.15, 0.2) is 0 Å². The molecule has 1 aromatic rings. The van der Waals surface area contributed by atoms with E-state index >= 15 is 0 Å². The Morgan fingerprint density at radius 2 is 2.42 bits per heavy atom. The van der Waals surface area contributed by atoms with Crippen LogP contribution in [-0.2, 0) is 16.1 Å². The lowest BCUT2D eigenvalue weighted by atomic mass is 10.4. The maximum atomic E-state index is 10.5. The van der Waals surface area contributed by atoms with Crippen LogP contribution in [0, 0.1) is 6.92 Å². The van der Waals surface area contributed by atoms with Crippen molar-refractivity contribution in [1.29, 1.82) is 0 Å². The molecule has 1 amide bonds. The highest BCUT2D eigenvalue weighted by molar-refractivity contribution is 6.23. The van der Waals surface area contributed by atoms with Gasteiger partial charge in [-0.15, -0.1) is 0 Å². The number of hydrogen-bond acceptors (Lipinski definition) is 3. The second-order valence-corrected chi connectivity index (χ2v) is 2.35. The maximum absolute atomic E-state index is 10.5. The van der Waals surface area contributed by atoms with E-state index < -0.39 is 5.91 Å². The molecule has 1 heterocycles. The molecule has 0 bridgehead atoms. The second-order valence-electron chi connectivity index (χ2n) is 2.35. The van der Waals surface area contributed by atoms with Gasteiger partial charge in [-0.05, 0) is 19.1 Å². The fraction of sp³-hybridized carbons (Fsp3) is 0.250. The number of amides is 1. The molecular weight excluding hydrogens is 158 g/mol. The lowest BCUT2D eigenvalue weighted by Crippen LogP contribution is -2.23. The molecule has 0 saturated heterocycles. The first-order valence-electron chi connectivity index (χ1n) is 3.50. The Labute approximate surface area is 69.6 Å². The van der Waals surface area contributed by atoms with Crippen molar-refractivity contribution in [3.8, 4) is 0 Å². The molecule has 0 aliphatic rings. The molecule has 0 aliphatic carbocycles. The van der Waals surface area contributed by atoms with Crippen LogP contribution in [0.5, 0.6) is 0 Å². The van der Waals surface area contributed by atoms with E-state index in [1.54, 1.807) is 12.1 Å². The first-order valence-corrected chi connectivity index (χ1v) is 3.50. The van der Waals surface area contributed by atoms with Crippen molar-refractivity contribution in [2.75, 3.05) is 0 Å². The third kappa shape index (κ3) is 2.23. The van der Waals surface area contributed by atoms with Gasteiger partial charge >= 0.3 is 0 Å². The smallest absolute Gasteiger partial charge is 0.284 e. The zero-order chi connectivity index (χ0) is 8.97. The van der Waals surface area contributed by atoms with Gasteiger partial charge in [0, 0.05) is 0 Å². The summed E-state index contributed by atoms with van der Waals surface area (Å²) >= 11 is 0. The maximum Gasteiger partial charge on any atom is 0.284 e. The van der Waals surface area contributed by atoms with Gasteiger partial charge in [-0.1, -0.05) is 0 Å². The Morgan fingerprint density at radius 3 is 2.92 bits per heavy atom. The molecule has 4 heteroatoms. The summed E-state index contributed by atoms with van der Waals surface area (Å²) in [6.45, 7) is 2.07. The highest BCUT2D eigenvalue weighted by atomic mass is 16.3. The van der Waals surface area contributed by atoms with Gasteiger partial charge < -0.3 is 9.73 Å². The Morgan fingerprint density at radius 1 is 1.67 bits per heavy atom. The quantitative estimate of drug-likeness (QED) is 0.523. The molecular formula is C8H9NO3. The first-order chi connectivity index (χ1) is 5.72. The van der Waals surface area contributed by atoms with E-state index in [9.17, 15) is 9.59 Å². The summed E-state index contributed by atoms with van der Waals surface area (Å²) in [6, 6.07) is 3.54. The summed E-state index contributed by atoms with van der Waals surface area (Å²) in [5.41, 5.74) is 0. The summed E-state index contributed by atoms with van der Waals surface area (Å²) in [6.07, 6.45) is 0.232. The topological polar surface area (TPSA) is 59.3 Å². The molecule has 1 aromatic heterocycles. The van der Waals surface area contributed by atoms with Gasteiger partial charge in [0.1, 0.15) is 11.5 Å². The number of carbonyl (C=O) groups excluding carboxylic acids is 2. The highest BCUT2D eigenvalue weighted by Crippen LogP contribution is 2.04. The van der Waals surface area contributed by atoms with Crippen molar-refractivity contribution >= 4 is 12.2 Å². The summed E-state index contributed by atoms with van der Waals surface area (Å²) in [5, 5.41) is 2.36. The summed E-state index contributed by atoms with van der Waals surface area (Å²) in [5.74, 6) is 0.789. The van der Waals surface area contributed by atoms with E-state index in [0.717, 1.165) is 5.76 Å². The molecule has 0 aliphatic heterocycles. The Hall–Kier alpha value is -1.58. The molecule has 4 nitrogen and oxygen atoms in total. The number of carbonyl (C=O) groups is 2. The first kappa shape index (κ1) is 8.52. The van der Waals surface area contributed by atoms with Crippen molar-refractivity contribution in [2.45, 2.75) is 13.5 Å². The van der Waals surface area contributed by atoms with Crippen molar-refractivity contribution in [3.63, 3.8) is 0 Å². The van der Waals surface area contributed by atoms with E-state index in [0.29, 0.717) is 5.76 Å². The number of furan rings is 1. The normalized spacial score (nSPS) is 9.42. The highest BCUT2D eigenvalue weighted by Gasteiger charge is 2.00. The van der Waals surface area contributed by atoms with Crippen LogP contribution in [0.1, 0.15) is 11.5 Å². The largest absolute Gasteiger partial charge is 0.465 e. The van der Waals surface area contributed by atoms with E-state index in [1.807, 2.05) is 6.92 Å². The number of hydrogen-bond donors (Lipinski definition) is 1. The van der Waals surface area contributed by atoms with Gasteiger partial charge in [-0.3, -0.25) is 9.59 Å². The van der Waals surface area contributed by atoms with Crippen LogP contribution in [0.4, 0.5) is 0 Å². The number of rotatable bonds is 3. The summed E-state index contributed by atoms with van der Waals surface area (Å²) in [7, 11) is 0. The van der Waals surface area contributed by atoms with E-state index in [4.69, 9.17) is 4.42 Å². The van der Waals surface area contributed by atoms with Crippen LogP contribution < -0.4 is 5.32 Å². The van der Waals surface area contributed by atoms with Gasteiger partial charge in [0.05, 0.1) is 6.54 Å². The van der Waals surface area contributed by atoms with Crippen LogP contribution in [0.25, 0.3) is 0 Å². The van der Waals surface area contributed by atoms with Crippen LogP contribution in [0.2, 0.25) is 0 Å². The van der Waals surface area contributed by atoms with Crippen LogP contribution in [-0.4, -0.2) is 12.2 Å². The molecule has 0 saturated carbocycles.